The second kappa shape index (κ2) is 15.7. The zero-order valence-electron chi connectivity index (χ0n) is 16.6. The lowest BCUT2D eigenvalue weighted by Crippen LogP contribution is -1.95. The lowest BCUT2D eigenvalue weighted by Gasteiger charge is -2.02. The Kier molecular flexibility index (Phi) is 14.1. The Balaban J connectivity index is 1.72. The van der Waals surface area contributed by atoms with Gasteiger partial charge in [0, 0.05) is 6.42 Å². The van der Waals surface area contributed by atoms with Gasteiger partial charge < -0.3 is 9.84 Å². The van der Waals surface area contributed by atoms with Crippen molar-refractivity contribution in [3.63, 3.8) is 0 Å². The topological polar surface area (TPSA) is 49.8 Å². The molecule has 0 saturated carbocycles. The summed E-state index contributed by atoms with van der Waals surface area (Å²) in [5.41, 5.74) is 0. The van der Waals surface area contributed by atoms with Crippen LogP contribution in [0.25, 0.3) is 0 Å². The molecule has 3 heteroatoms. The van der Waals surface area contributed by atoms with Crippen LogP contribution in [0.1, 0.15) is 122 Å². The van der Waals surface area contributed by atoms with Crippen molar-refractivity contribution in [3.8, 4) is 0 Å². The van der Waals surface area contributed by atoms with Crippen LogP contribution in [0.2, 0.25) is 0 Å². The molecule has 0 aromatic rings. The van der Waals surface area contributed by atoms with Crippen molar-refractivity contribution >= 4 is 5.97 Å². The van der Waals surface area contributed by atoms with Gasteiger partial charge in [-0.1, -0.05) is 96.8 Å². The Morgan fingerprint density at radius 3 is 1.52 bits per heavy atom. The van der Waals surface area contributed by atoms with Crippen molar-refractivity contribution in [1.82, 2.24) is 0 Å². The standard InChI is InChI=1S/C22H42O3/c1-2-3-4-5-11-14-17-20-21(25-20)18-15-12-9-7-6-8-10-13-16-19-22(23)24/h20-21H,2-19H2,1H3,(H,23,24)/t20-,21+/m1/s1. The normalized spacial score (nSPS) is 19.2. The summed E-state index contributed by atoms with van der Waals surface area (Å²) in [6.45, 7) is 2.27. The molecule has 0 bridgehead atoms. The van der Waals surface area contributed by atoms with E-state index in [4.69, 9.17) is 9.84 Å². The van der Waals surface area contributed by atoms with Crippen LogP contribution in [-0.2, 0) is 9.53 Å². The first-order chi connectivity index (χ1) is 12.2. The molecule has 25 heavy (non-hydrogen) atoms. The first-order valence-electron chi connectivity index (χ1n) is 11.1. The van der Waals surface area contributed by atoms with Crippen LogP contribution < -0.4 is 0 Å². The van der Waals surface area contributed by atoms with Crippen molar-refractivity contribution in [2.45, 2.75) is 135 Å². The molecule has 0 aliphatic carbocycles. The summed E-state index contributed by atoms with van der Waals surface area (Å²) >= 11 is 0. The lowest BCUT2D eigenvalue weighted by molar-refractivity contribution is -0.137. The number of unbranched alkanes of at least 4 members (excludes halogenated alkanes) is 13. The summed E-state index contributed by atoms with van der Waals surface area (Å²) in [4.78, 5) is 10.4. The van der Waals surface area contributed by atoms with E-state index in [1.807, 2.05) is 0 Å². The second-order valence-electron chi connectivity index (χ2n) is 7.88. The highest BCUT2D eigenvalue weighted by atomic mass is 16.6. The first kappa shape index (κ1) is 22.5. The highest BCUT2D eigenvalue weighted by Gasteiger charge is 2.36. The van der Waals surface area contributed by atoms with Crippen molar-refractivity contribution in [1.29, 1.82) is 0 Å². The van der Waals surface area contributed by atoms with Crippen LogP contribution in [0.5, 0.6) is 0 Å². The first-order valence-corrected chi connectivity index (χ1v) is 11.1. The van der Waals surface area contributed by atoms with E-state index >= 15 is 0 Å². The van der Waals surface area contributed by atoms with Crippen LogP contribution in [0.4, 0.5) is 0 Å². The second-order valence-corrected chi connectivity index (χ2v) is 7.88. The molecule has 1 N–H and O–H groups in total. The fourth-order valence-corrected chi connectivity index (χ4v) is 3.67. The van der Waals surface area contributed by atoms with Crippen LogP contribution in [0.3, 0.4) is 0 Å². The fraction of sp³-hybridized carbons (Fsp3) is 0.955. The summed E-state index contributed by atoms with van der Waals surface area (Å²) in [6, 6.07) is 0. The van der Waals surface area contributed by atoms with Crippen LogP contribution >= 0.6 is 0 Å². The number of carbonyl (C=O) groups is 1. The Hall–Kier alpha value is -0.570. The Morgan fingerprint density at radius 1 is 0.680 bits per heavy atom. The highest BCUT2D eigenvalue weighted by Crippen LogP contribution is 2.31. The van der Waals surface area contributed by atoms with Gasteiger partial charge in [-0.05, 0) is 19.3 Å². The van der Waals surface area contributed by atoms with Gasteiger partial charge in [-0.25, -0.2) is 0 Å². The van der Waals surface area contributed by atoms with E-state index in [2.05, 4.69) is 6.92 Å². The van der Waals surface area contributed by atoms with Gasteiger partial charge >= 0.3 is 5.97 Å². The van der Waals surface area contributed by atoms with E-state index in [1.54, 1.807) is 0 Å². The molecule has 0 radical (unpaired) electrons. The van der Waals surface area contributed by atoms with Gasteiger partial charge in [0.05, 0.1) is 12.2 Å². The maximum atomic E-state index is 10.4. The van der Waals surface area contributed by atoms with E-state index in [9.17, 15) is 4.79 Å². The Labute approximate surface area is 155 Å². The number of epoxide rings is 1. The van der Waals surface area contributed by atoms with E-state index < -0.39 is 5.97 Å². The number of hydrogen-bond donors (Lipinski definition) is 1. The molecular formula is C22H42O3. The summed E-state index contributed by atoms with van der Waals surface area (Å²) in [5.74, 6) is -0.658. The predicted molar refractivity (Wildman–Crippen MR) is 105 cm³/mol. The van der Waals surface area contributed by atoms with Crippen LogP contribution in [0, 0.1) is 0 Å². The molecule has 0 spiro atoms. The molecule has 1 fully saturated rings. The lowest BCUT2D eigenvalue weighted by atomic mass is 10.0. The van der Waals surface area contributed by atoms with Crippen molar-refractivity contribution in [3.05, 3.63) is 0 Å². The van der Waals surface area contributed by atoms with Crippen molar-refractivity contribution in [2.24, 2.45) is 0 Å². The fourth-order valence-electron chi connectivity index (χ4n) is 3.67. The van der Waals surface area contributed by atoms with Crippen molar-refractivity contribution < 1.29 is 14.6 Å². The van der Waals surface area contributed by atoms with Gasteiger partial charge in [0.1, 0.15) is 0 Å². The molecule has 0 aromatic carbocycles. The van der Waals surface area contributed by atoms with Gasteiger partial charge in [-0.15, -0.1) is 0 Å². The number of hydrogen-bond acceptors (Lipinski definition) is 2. The molecule has 1 saturated heterocycles. The number of aliphatic carboxylic acids is 1. The molecule has 3 nitrogen and oxygen atoms in total. The Bertz CT molecular complexity index is 316. The van der Waals surface area contributed by atoms with Crippen LogP contribution in [0.15, 0.2) is 0 Å². The minimum absolute atomic E-state index is 0.336. The average Bonchev–Trinajstić information content (AvgIpc) is 3.34. The number of carboxylic acids is 1. The summed E-state index contributed by atoms with van der Waals surface area (Å²) in [6.07, 6.45) is 23.4. The van der Waals surface area contributed by atoms with Gasteiger partial charge in [0.25, 0.3) is 0 Å². The van der Waals surface area contributed by atoms with Gasteiger partial charge in [-0.3, -0.25) is 4.79 Å². The monoisotopic (exact) mass is 354 g/mol. The molecule has 0 amide bonds. The van der Waals surface area contributed by atoms with Gasteiger partial charge in [-0.2, -0.15) is 0 Å². The third-order valence-corrected chi connectivity index (χ3v) is 5.41. The quantitative estimate of drug-likeness (QED) is 0.203. The summed E-state index contributed by atoms with van der Waals surface area (Å²) < 4.78 is 5.80. The van der Waals surface area contributed by atoms with E-state index in [1.165, 1.54) is 96.3 Å². The van der Waals surface area contributed by atoms with E-state index in [0.717, 1.165) is 12.8 Å². The molecule has 148 valence electrons. The molecule has 0 aromatic heterocycles. The molecule has 1 rings (SSSR count). The molecule has 1 aliphatic heterocycles. The summed E-state index contributed by atoms with van der Waals surface area (Å²) in [5, 5.41) is 8.57. The molecular weight excluding hydrogens is 312 g/mol. The minimum atomic E-state index is -0.658. The van der Waals surface area contributed by atoms with Gasteiger partial charge in [0.15, 0.2) is 0 Å². The third kappa shape index (κ3) is 14.3. The largest absolute Gasteiger partial charge is 0.481 e. The zero-order valence-corrected chi connectivity index (χ0v) is 16.6. The molecule has 0 unspecified atom stereocenters. The maximum Gasteiger partial charge on any atom is 0.303 e. The number of rotatable bonds is 19. The van der Waals surface area contributed by atoms with Crippen molar-refractivity contribution in [2.75, 3.05) is 0 Å². The smallest absolute Gasteiger partial charge is 0.303 e. The zero-order chi connectivity index (χ0) is 18.2. The maximum absolute atomic E-state index is 10.4. The summed E-state index contributed by atoms with van der Waals surface area (Å²) in [7, 11) is 0. The predicted octanol–water partition coefficient (Wildman–Crippen LogP) is 6.88. The van der Waals surface area contributed by atoms with Gasteiger partial charge in [0.2, 0.25) is 0 Å². The number of carboxylic acid groups (broad SMARTS) is 1. The highest BCUT2D eigenvalue weighted by molar-refractivity contribution is 5.66. The minimum Gasteiger partial charge on any atom is -0.481 e. The van der Waals surface area contributed by atoms with E-state index in [-0.39, 0.29) is 0 Å². The van der Waals surface area contributed by atoms with E-state index in [0.29, 0.717) is 18.6 Å². The molecule has 2 atom stereocenters. The average molecular weight is 355 g/mol. The molecule has 1 heterocycles. The third-order valence-electron chi connectivity index (χ3n) is 5.41. The molecule has 1 aliphatic rings. The number of ether oxygens (including phenoxy) is 1. The van der Waals surface area contributed by atoms with Crippen LogP contribution in [-0.4, -0.2) is 23.3 Å². The Morgan fingerprint density at radius 2 is 1.08 bits per heavy atom. The SMILES string of the molecule is CCCCCCCC[C@H]1O[C@H]1CCCCCCCCCCCC(=O)O.